The van der Waals surface area contributed by atoms with Gasteiger partial charge in [-0.25, -0.2) is 0 Å². The molecule has 0 amide bonds. The van der Waals surface area contributed by atoms with Gasteiger partial charge >= 0.3 is 0 Å². The van der Waals surface area contributed by atoms with Crippen LogP contribution in [0.2, 0.25) is 0 Å². The van der Waals surface area contributed by atoms with Crippen LogP contribution in [0.15, 0.2) is 17.5 Å². The fourth-order valence-corrected chi connectivity index (χ4v) is 2.23. The van der Waals surface area contributed by atoms with Gasteiger partial charge in [0.15, 0.2) is 0 Å². The third kappa shape index (κ3) is 4.28. The molecular weight excluding hydrogens is 224 g/mol. The van der Waals surface area contributed by atoms with Crippen molar-refractivity contribution >= 4 is 28.5 Å². The number of hydrogen-bond donors (Lipinski definition) is 1. The molecule has 0 aromatic carbocycles. The van der Waals surface area contributed by atoms with Crippen LogP contribution in [0, 0.1) is 5.92 Å². The second-order valence-corrected chi connectivity index (χ2v) is 5.21. The van der Waals surface area contributed by atoms with Gasteiger partial charge in [-0.15, -0.1) is 11.3 Å². The molecule has 0 bridgehead atoms. The minimum absolute atomic E-state index is 0.292. The highest BCUT2D eigenvalue weighted by Gasteiger charge is 2.11. The van der Waals surface area contributed by atoms with Crippen molar-refractivity contribution < 1.29 is 0 Å². The molecule has 0 aliphatic rings. The lowest BCUT2D eigenvalue weighted by Gasteiger charge is -2.23. The smallest absolute Gasteiger partial charge is 0.0768 e. The summed E-state index contributed by atoms with van der Waals surface area (Å²) in [6.45, 7) is 7.23. The maximum Gasteiger partial charge on any atom is 0.0768 e. The molecule has 0 radical (unpaired) electrons. The second-order valence-electron chi connectivity index (χ2n) is 3.71. The number of rotatable bonds is 6. The number of nitrogens with two attached hydrogens (primary N) is 1. The molecule has 4 heteroatoms. The van der Waals surface area contributed by atoms with Crippen molar-refractivity contribution in [3.8, 4) is 0 Å². The van der Waals surface area contributed by atoms with Crippen molar-refractivity contribution in [2.45, 2.75) is 20.4 Å². The Morgan fingerprint density at radius 2 is 2.40 bits per heavy atom. The SMILES string of the molecule is CCN(Cc1cccs1)CC(C)C(N)=S. The summed E-state index contributed by atoms with van der Waals surface area (Å²) in [7, 11) is 0. The van der Waals surface area contributed by atoms with Crippen LogP contribution in [0.1, 0.15) is 18.7 Å². The molecule has 15 heavy (non-hydrogen) atoms. The molecule has 0 fully saturated rings. The van der Waals surface area contributed by atoms with Crippen LogP contribution in [0.5, 0.6) is 0 Å². The van der Waals surface area contributed by atoms with Gasteiger partial charge in [-0.2, -0.15) is 0 Å². The van der Waals surface area contributed by atoms with Gasteiger partial charge in [-0.3, -0.25) is 4.90 Å². The number of hydrogen-bond acceptors (Lipinski definition) is 3. The number of thiophene rings is 1. The van der Waals surface area contributed by atoms with Gasteiger partial charge < -0.3 is 5.73 Å². The zero-order valence-electron chi connectivity index (χ0n) is 9.27. The van der Waals surface area contributed by atoms with Crippen molar-refractivity contribution in [2.75, 3.05) is 13.1 Å². The zero-order valence-corrected chi connectivity index (χ0v) is 10.9. The van der Waals surface area contributed by atoms with E-state index in [1.54, 1.807) is 11.3 Å². The van der Waals surface area contributed by atoms with E-state index in [-0.39, 0.29) is 0 Å². The quantitative estimate of drug-likeness (QED) is 0.777. The summed E-state index contributed by atoms with van der Waals surface area (Å²) in [5, 5.41) is 2.11. The van der Waals surface area contributed by atoms with E-state index >= 15 is 0 Å². The standard InChI is InChI=1S/C11H18N2S2/c1-3-13(7-9(2)11(12)14)8-10-5-4-6-15-10/h4-6,9H,3,7-8H2,1-2H3,(H2,12,14). The Labute approximate surface area is 101 Å². The van der Waals surface area contributed by atoms with Gasteiger partial charge in [0.25, 0.3) is 0 Å². The van der Waals surface area contributed by atoms with Gasteiger partial charge in [0.05, 0.1) is 4.99 Å². The van der Waals surface area contributed by atoms with Gasteiger partial charge in [0.1, 0.15) is 0 Å². The average Bonchev–Trinajstić information content (AvgIpc) is 2.69. The molecule has 84 valence electrons. The first-order valence-electron chi connectivity index (χ1n) is 5.17. The van der Waals surface area contributed by atoms with Gasteiger partial charge in [-0.1, -0.05) is 32.1 Å². The lowest BCUT2D eigenvalue weighted by atomic mass is 10.1. The summed E-state index contributed by atoms with van der Waals surface area (Å²) < 4.78 is 0. The van der Waals surface area contributed by atoms with Crippen molar-refractivity contribution in [3.63, 3.8) is 0 Å². The molecule has 1 unspecified atom stereocenters. The van der Waals surface area contributed by atoms with E-state index in [1.807, 2.05) is 0 Å². The fraction of sp³-hybridized carbons (Fsp3) is 0.545. The number of nitrogens with zero attached hydrogens (tertiary/aromatic N) is 1. The summed E-state index contributed by atoms with van der Waals surface area (Å²) in [4.78, 5) is 4.38. The normalized spacial score (nSPS) is 13.0. The fourth-order valence-electron chi connectivity index (χ4n) is 1.41. The Kier molecular flexibility index (Phi) is 5.22. The molecule has 1 rings (SSSR count). The maximum atomic E-state index is 5.62. The third-order valence-corrected chi connectivity index (χ3v) is 3.69. The molecule has 0 saturated carbocycles. The van der Waals surface area contributed by atoms with E-state index < -0.39 is 0 Å². The zero-order chi connectivity index (χ0) is 11.3. The molecule has 0 spiro atoms. The highest BCUT2D eigenvalue weighted by Crippen LogP contribution is 2.12. The Balaban J connectivity index is 2.46. The minimum atomic E-state index is 0.292. The van der Waals surface area contributed by atoms with Crippen LogP contribution >= 0.6 is 23.6 Å². The molecule has 2 N–H and O–H groups in total. The Morgan fingerprint density at radius 3 is 2.87 bits per heavy atom. The lowest BCUT2D eigenvalue weighted by Crippen LogP contribution is -2.33. The summed E-state index contributed by atoms with van der Waals surface area (Å²) in [5.74, 6) is 0.292. The molecule has 2 nitrogen and oxygen atoms in total. The van der Waals surface area contributed by atoms with Crippen LogP contribution < -0.4 is 5.73 Å². The van der Waals surface area contributed by atoms with Crippen LogP contribution in [-0.4, -0.2) is 23.0 Å². The first-order chi connectivity index (χ1) is 7.13. The first-order valence-corrected chi connectivity index (χ1v) is 6.46. The minimum Gasteiger partial charge on any atom is -0.393 e. The molecule has 1 heterocycles. The van der Waals surface area contributed by atoms with E-state index in [4.69, 9.17) is 18.0 Å². The summed E-state index contributed by atoms with van der Waals surface area (Å²) in [6, 6.07) is 4.25. The predicted molar refractivity (Wildman–Crippen MR) is 71.2 cm³/mol. The predicted octanol–water partition coefficient (Wildman–Crippen LogP) is 2.49. The maximum absolute atomic E-state index is 5.62. The van der Waals surface area contributed by atoms with Gasteiger partial charge in [0.2, 0.25) is 0 Å². The number of thiocarbonyl (C=S) groups is 1. The molecule has 1 atom stereocenters. The van der Waals surface area contributed by atoms with Crippen LogP contribution in [0.4, 0.5) is 0 Å². The molecular formula is C11H18N2S2. The highest BCUT2D eigenvalue weighted by molar-refractivity contribution is 7.80. The van der Waals surface area contributed by atoms with Crippen molar-refractivity contribution in [1.82, 2.24) is 4.90 Å². The highest BCUT2D eigenvalue weighted by atomic mass is 32.1. The Bertz CT molecular complexity index is 296. The van der Waals surface area contributed by atoms with Gasteiger partial charge in [0, 0.05) is 23.9 Å². The third-order valence-electron chi connectivity index (χ3n) is 2.42. The summed E-state index contributed by atoms with van der Waals surface area (Å²) in [5.41, 5.74) is 5.62. The van der Waals surface area contributed by atoms with Crippen molar-refractivity contribution in [1.29, 1.82) is 0 Å². The molecule has 0 saturated heterocycles. The van der Waals surface area contributed by atoms with Crippen molar-refractivity contribution in [3.05, 3.63) is 22.4 Å². The topological polar surface area (TPSA) is 29.3 Å². The summed E-state index contributed by atoms with van der Waals surface area (Å²) >= 11 is 6.78. The first kappa shape index (κ1) is 12.6. The van der Waals surface area contributed by atoms with Crippen LogP contribution in [0.3, 0.4) is 0 Å². The average molecular weight is 242 g/mol. The van der Waals surface area contributed by atoms with E-state index in [1.165, 1.54) is 4.88 Å². The van der Waals surface area contributed by atoms with Crippen LogP contribution in [0.25, 0.3) is 0 Å². The van der Waals surface area contributed by atoms with Crippen molar-refractivity contribution in [2.24, 2.45) is 11.7 Å². The lowest BCUT2D eigenvalue weighted by molar-refractivity contribution is 0.266. The van der Waals surface area contributed by atoms with E-state index in [0.717, 1.165) is 19.6 Å². The van der Waals surface area contributed by atoms with Gasteiger partial charge in [-0.05, 0) is 18.0 Å². The molecule has 1 aromatic rings. The molecule has 0 aliphatic carbocycles. The largest absolute Gasteiger partial charge is 0.393 e. The van der Waals surface area contributed by atoms with Crippen LogP contribution in [-0.2, 0) is 6.54 Å². The molecule has 0 aliphatic heterocycles. The summed E-state index contributed by atoms with van der Waals surface area (Å²) in [6.07, 6.45) is 0. The van der Waals surface area contributed by atoms with E-state index in [2.05, 4.69) is 36.3 Å². The molecule has 1 aromatic heterocycles. The second kappa shape index (κ2) is 6.20. The Morgan fingerprint density at radius 1 is 1.67 bits per heavy atom. The van der Waals surface area contributed by atoms with E-state index in [0.29, 0.717) is 10.9 Å². The van der Waals surface area contributed by atoms with E-state index in [9.17, 15) is 0 Å². The monoisotopic (exact) mass is 242 g/mol. The Hall–Kier alpha value is -0.450.